The van der Waals surface area contributed by atoms with Crippen LogP contribution in [0.25, 0.3) is 0 Å². The second-order valence-corrected chi connectivity index (χ2v) is 4.37. The highest BCUT2D eigenvalue weighted by Gasteiger charge is 2.30. The fraction of sp³-hybridized carbons (Fsp3) is 0.143. The summed E-state index contributed by atoms with van der Waals surface area (Å²) in [6, 6.07) is 5.05. The van der Waals surface area contributed by atoms with Gasteiger partial charge in [0.1, 0.15) is 5.76 Å². The molecule has 0 atom stereocenters. The quantitative estimate of drug-likeness (QED) is 0.838. The van der Waals surface area contributed by atoms with Crippen molar-refractivity contribution >= 4 is 11.8 Å². The zero-order valence-corrected chi connectivity index (χ0v) is 11.3. The number of nitrogens with one attached hydrogen (secondary N) is 2. The number of carbonyl (C=O) groups excluding carboxylic acids is 2. The summed E-state index contributed by atoms with van der Waals surface area (Å²) in [5.74, 6) is -0.948. The van der Waals surface area contributed by atoms with Crippen LogP contribution in [0.4, 0.5) is 13.2 Å². The SMILES string of the molecule is Cc1occc1C(=O)NNC(=O)c1ccc(C(F)(F)F)cc1. The van der Waals surface area contributed by atoms with Crippen LogP contribution in [-0.4, -0.2) is 11.8 Å². The van der Waals surface area contributed by atoms with Gasteiger partial charge in [-0.25, -0.2) is 0 Å². The summed E-state index contributed by atoms with van der Waals surface area (Å²) in [5, 5.41) is 0. The molecule has 116 valence electrons. The number of rotatable bonds is 2. The summed E-state index contributed by atoms with van der Waals surface area (Å²) in [6.45, 7) is 1.58. The molecule has 0 radical (unpaired) electrons. The maximum atomic E-state index is 12.4. The molecule has 0 aliphatic heterocycles. The van der Waals surface area contributed by atoms with E-state index in [1.165, 1.54) is 12.3 Å². The van der Waals surface area contributed by atoms with Crippen molar-refractivity contribution in [2.45, 2.75) is 13.1 Å². The first-order valence-corrected chi connectivity index (χ1v) is 6.11. The third-order valence-electron chi connectivity index (χ3n) is 2.87. The smallest absolute Gasteiger partial charge is 0.416 e. The van der Waals surface area contributed by atoms with E-state index >= 15 is 0 Å². The van der Waals surface area contributed by atoms with Crippen molar-refractivity contribution in [1.29, 1.82) is 0 Å². The third-order valence-corrected chi connectivity index (χ3v) is 2.87. The Bertz CT molecular complexity index is 690. The summed E-state index contributed by atoms with van der Waals surface area (Å²) in [5.41, 5.74) is 3.63. The Labute approximate surface area is 123 Å². The summed E-state index contributed by atoms with van der Waals surface area (Å²) in [7, 11) is 0. The zero-order chi connectivity index (χ0) is 16.3. The van der Waals surface area contributed by atoms with E-state index in [0.717, 1.165) is 24.3 Å². The van der Waals surface area contributed by atoms with Crippen molar-refractivity contribution in [3.63, 3.8) is 0 Å². The maximum absolute atomic E-state index is 12.4. The summed E-state index contributed by atoms with van der Waals surface area (Å²) < 4.78 is 42.2. The van der Waals surface area contributed by atoms with E-state index in [1.807, 2.05) is 0 Å². The molecule has 5 nitrogen and oxygen atoms in total. The van der Waals surface area contributed by atoms with E-state index in [1.54, 1.807) is 6.92 Å². The Hall–Kier alpha value is -2.77. The first-order valence-electron chi connectivity index (χ1n) is 6.11. The average molecular weight is 312 g/mol. The number of halogens is 3. The van der Waals surface area contributed by atoms with Gasteiger partial charge in [-0.2, -0.15) is 13.2 Å². The molecule has 2 amide bonds. The summed E-state index contributed by atoms with van der Waals surface area (Å²) in [6.07, 6.45) is -3.15. The Kier molecular flexibility index (Phi) is 4.20. The average Bonchev–Trinajstić information content (AvgIpc) is 2.90. The number of furan rings is 1. The predicted octanol–water partition coefficient (Wildman–Crippen LogP) is 2.68. The molecule has 0 unspecified atom stereocenters. The number of aryl methyl sites for hydroxylation is 1. The lowest BCUT2D eigenvalue weighted by molar-refractivity contribution is -0.137. The van der Waals surface area contributed by atoms with Crippen LogP contribution in [0.1, 0.15) is 32.0 Å². The molecule has 1 aromatic carbocycles. The largest absolute Gasteiger partial charge is 0.469 e. The van der Waals surface area contributed by atoms with Crippen molar-refractivity contribution in [2.75, 3.05) is 0 Å². The number of carbonyl (C=O) groups is 2. The van der Waals surface area contributed by atoms with E-state index in [4.69, 9.17) is 4.42 Å². The normalized spacial score (nSPS) is 11.1. The lowest BCUT2D eigenvalue weighted by Gasteiger charge is -2.09. The van der Waals surface area contributed by atoms with Crippen molar-refractivity contribution in [3.05, 3.63) is 59.0 Å². The molecule has 0 fully saturated rings. The fourth-order valence-electron chi connectivity index (χ4n) is 1.68. The molecule has 22 heavy (non-hydrogen) atoms. The topological polar surface area (TPSA) is 71.3 Å². The second kappa shape index (κ2) is 5.92. The molecule has 0 bridgehead atoms. The van der Waals surface area contributed by atoms with Gasteiger partial charge in [-0.15, -0.1) is 0 Å². The number of amides is 2. The van der Waals surface area contributed by atoms with E-state index in [9.17, 15) is 22.8 Å². The van der Waals surface area contributed by atoms with Gasteiger partial charge >= 0.3 is 6.18 Å². The highest BCUT2D eigenvalue weighted by atomic mass is 19.4. The van der Waals surface area contributed by atoms with Crippen LogP contribution in [0.2, 0.25) is 0 Å². The molecule has 0 spiro atoms. The van der Waals surface area contributed by atoms with Gasteiger partial charge in [0.15, 0.2) is 0 Å². The first kappa shape index (κ1) is 15.6. The van der Waals surface area contributed by atoms with Gasteiger partial charge in [0.2, 0.25) is 0 Å². The minimum atomic E-state index is -4.47. The molecule has 2 N–H and O–H groups in total. The zero-order valence-electron chi connectivity index (χ0n) is 11.3. The maximum Gasteiger partial charge on any atom is 0.416 e. The van der Waals surface area contributed by atoms with Crippen LogP contribution in [0.3, 0.4) is 0 Å². The van der Waals surface area contributed by atoms with E-state index in [0.29, 0.717) is 5.76 Å². The Morgan fingerprint density at radius 3 is 2.09 bits per heavy atom. The molecule has 0 aliphatic carbocycles. The van der Waals surface area contributed by atoms with Crippen LogP contribution in [-0.2, 0) is 6.18 Å². The summed E-state index contributed by atoms with van der Waals surface area (Å²) in [4.78, 5) is 23.4. The van der Waals surface area contributed by atoms with Gasteiger partial charge in [-0.3, -0.25) is 20.4 Å². The number of hydrazine groups is 1. The predicted molar refractivity (Wildman–Crippen MR) is 69.8 cm³/mol. The number of hydrogen-bond donors (Lipinski definition) is 2. The molecule has 8 heteroatoms. The Morgan fingerprint density at radius 1 is 1.00 bits per heavy atom. The van der Waals surface area contributed by atoms with Gasteiger partial charge in [0.05, 0.1) is 17.4 Å². The van der Waals surface area contributed by atoms with Crippen LogP contribution in [0.15, 0.2) is 41.0 Å². The number of hydrogen-bond acceptors (Lipinski definition) is 3. The van der Waals surface area contributed by atoms with Gasteiger partial charge in [0.25, 0.3) is 11.8 Å². The first-order chi connectivity index (χ1) is 10.3. The van der Waals surface area contributed by atoms with Crippen LogP contribution in [0, 0.1) is 6.92 Å². The third kappa shape index (κ3) is 3.46. The van der Waals surface area contributed by atoms with Crippen LogP contribution < -0.4 is 10.9 Å². The highest BCUT2D eigenvalue weighted by molar-refractivity contribution is 5.99. The molecule has 1 aromatic heterocycles. The van der Waals surface area contributed by atoms with Gasteiger partial charge in [0, 0.05) is 5.56 Å². The molecule has 0 saturated heterocycles. The number of benzene rings is 1. The van der Waals surface area contributed by atoms with Gasteiger partial charge in [-0.05, 0) is 37.3 Å². The Morgan fingerprint density at radius 2 is 1.59 bits per heavy atom. The minimum absolute atomic E-state index is 0.0165. The standard InChI is InChI=1S/C14H11F3N2O3/c1-8-11(6-7-22-8)13(21)19-18-12(20)9-2-4-10(5-3-9)14(15,16)17/h2-7H,1H3,(H,18,20)(H,19,21). The highest BCUT2D eigenvalue weighted by Crippen LogP contribution is 2.29. The van der Waals surface area contributed by atoms with Crippen molar-refractivity contribution in [3.8, 4) is 0 Å². The molecular weight excluding hydrogens is 301 g/mol. The Balaban J connectivity index is 1.98. The monoisotopic (exact) mass is 312 g/mol. The van der Waals surface area contributed by atoms with Crippen molar-refractivity contribution < 1.29 is 27.2 Å². The molecule has 0 aliphatic rings. The van der Waals surface area contributed by atoms with E-state index < -0.39 is 23.6 Å². The lowest BCUT2D eigenvalue weighted by atomic mass is 10.1. The molecule has 1 heterocycles. The molecular formula is C14H11F3N2O3. The van der Waals surface area contributed by atoms with Gasteiger partial charge in [-0.1, -0.05) is 0 Å². The van der Waals surface area contributed by atoms with E-state index in [-0.39, 0.29) is 11.1 Å². The molecule has 2 aromatic rings. The second-order valence-electron chi connectivity index (χ2n) is 4.37. The van der Waals surface area contributed by atoms with Crippen LogP contribution in [0.5, 0.6) is 0 Å². The minimum Gasteiger partial charge on any atom is -0.469 e. The van der Waals surface area contributed by atoms with Gasteiger partial charge < -0.3 is 4.42 Å². The fourth-order valence-corrected chi connectivity index (χ4v) is 1.68. The summed E-state index contributed by atoms with van der Waals surface area (Å²) >= 11 is 0. The number of alkyl halides is 3. The lowest BCUT2D eigenvalue weighted by Crippen LogP contribution is -2.41. The van der Waals surface area contributed by atoms with Crippen molar-refractivity contribution in [1.82, 2.24) is 10.9 Å². The van der Waals surface area contributed by atoms with Crippen molar-refractivity contribution in [2.24, 2.45) is 0 Å². The molecule has 0 saturated carbocycles. The molecule has 2 rings (SSSR count). The van der Waals surface area contributed by atoms with E-state index in [2.05, 4.69) is 10.9 Å². The van der Waals surface area contributed by atoms with Crippen LogP contribution >= 0.6 is 0 Å².